The van der Waals surface area contributed by atoms with Crippen molar-refractivity contribution in [2.45, 2.75) is 50.4 Å². The quantitative estimate of drug-likeness (QED) is 0.395. The van der Waals surface area contributed by atoms with E-state index in [-0.39, 0.29) is 18.4 Å². The molecule has 1 unspecified atom stereocenters. The third kappa shape index (κ3) is 4.46. The molecular formula is C12H21NO4. The van der Waals surface area contributed by atoms with E-state index < -0.39 is 18.2 Å². The molecule has 0 aromatic carbocycles. The minimum Gasteiger partial charge on any atom is -0.481 e. The molecule has 5 nitrogen and oxygen atoms in total. The van der Waals surface area contributed by atoms with Crippen molar-refractivity contribution in [3.63, 3.8) is 0 Å². The fraction of sp³-hybridized carbons (Fsp3) is 0.750. The van der Waals surface area contributed by atoms with Crippen LogP contribution in [0.2, 0.25) is 0 Å². The Hall–Kier alpha value is -0.910. The number of aliphatic hydroxyl groups is 2. The van der Waals surface area contributed by atoms with E-state index in [0.717, 1.165) is 0 Å². The van der Waals surface area contributed by atoms with E-state index in [1.54, 1.807) is 0 Å². The van der Waals surface area contributed by atoms with E-state index in [1.165, 1.54) is 0 Å². The summed E-state index contributed by atoms with van der Waals surface area (Å²) in [6.07, 6.45) is 5.15. The number of carbonyl (C=O) groups is 1. The van der Waals surface area contributed by atoms with Gasteiger partial charge in [0.25, 0.3) is 0 Å². The molecule has 4 atom stereocenters. The van der Waals surface area contributed by atoms with Crippen LogP contribution in [0, 0.1) is 5.92 Å². The zero-order valence-electron chi connectivity index (χ0n) is 9.83. The van der Waals surface area contributed by atoms with Crippen LogP contribution in [0.5, 0.6) is 0 Å². The smallest absolute Gasteiger partial charge is 0.303 e. The highest BCUT2D eigenvalue weighted by atomic mass is 16.4. The maximum atomic E-state index is 10.3. The average Bonchev–Trinajstić information content (AvgIpc) is 2.48. The Morgan fingerprint density at radius 3 is 2.53 bits per heavy atom. The topological polar surface area (TPSA) is 104 Å². The van der Waals surface area contributed by atoms with Gasteiger partial charge in [0.1, 0.15) is 0 Å². The molecule has 98 valence electrons. The second-order valence-electron chi connectivity index (χ2n) is 4.60. The first-order valence-corrected chi connectivity index (χ1v) is 6.01. The van der Waals surface area contributed by atoms with E-state index in [9.17, 15) is 15.0 Å². The maximum absolute atomic E-state index is 10.3. The van der Waals surface area contributed by atoms with E-state index >= 15 is 0 Å². The molecule has 1 rings (SSSR count). The Labute approximate surface area is 101 Å². The predicted molar refractivity (Wildman–Crippen MR) is 63.3 cm³/mol. The van der Waals surface area contributed by atoms with Crippen LogP contribution < -0.4 is 5.73 Å². The number of allylic oxidation sites excluding steroid dienone is 2. The zero-order chi connectivity index (χ0) is 12.8. The van der Waals surface area contributed by atoms with E-state index in [0.29, 0.717) is 25.7 Å². The lowest BCUT2D eigenvalue weighted by Gasteiger charge is -2.17. The lowest BCUT2D eigenvalue weighted by Crippen LogP contribution is -2.35. The van der Waals surface area contributed by atoms with Crippen molar-refractivity contribution in [1.82, 2.24) is 0 Å². The molecule has 5 N–H and O–H groups in total. The van der Waals surface area contributed by atoms with Crippen LogP contribution in [0.4, 0.5) is 0 Å². The number of carboxylic acid groups (broad SMARTS) is 1. The van der Waals surface area contributed by atoms with E-state index in [1.807, 2.05) is 12.2 Å². The average molecular weight is 243 g/mol. The summed E-state index contributed by atoms with van der Waals surface area (Å²) in [5.74, 6) is -0.879. The molecule has 1 aliphatic rings. The molecule has 0 aliphatic heterocycles. The monoisotopic (exact) mass is 243 g/mol. The molecule has 1 fully saturated rings. The predicted octanol–water partition coefficient (Wildman–Crippen LogP) is 0.257. The largest absolute Gasteiger partial charge is 0.481 e. The summed E-state index contributed by atoms with van der Waals surface area (Å²) in [6, 6.07) is -0.367. The van der Waals surface area contributed by atoms with Crippen molar-refractivity contribution in [3.05, 3.63) is 12.2 Å². The molecule has 0 bridgehead atoms. The van der Waals surface area contributed by atoms with Gasteiger partial charge >= 0.3 is 5.97 Å². The van der Waals surface area contributed by atoms with Gasteiger partial charge in [-0.05, 0) is 19.3 Å². The first kappa shape index (κ1) is 14.2. The highest BCUT2D eigenvalue weighted by Crippen LogP contribution is 2.28. The van der Waals surface area contributed by atoms with Crippen molar-refractivity contribution >= 4 is 5.97 Å². The number of nitrogens with two attached hydrogens (primary N) is 1. The molecule has 5 heteroatoms. The Kier molecular flexibility index (Phi) is 5.61. The number of hydrogen-bond donors (Lipinski definition) is 4. The second kappa shape index (κ2) is 6.74. The standard InChI is InChI=1S/C12H21NO4/c13-12-8(9(14)7-10(12)15)5-3-1-2-4-6-11(16)17/h1,3,8-10,12,14-15H,2,4-7,13H2,(H,16,17)/b3-1-/t8-,9-,10+,12?/m0/s1. The van der Waals surface area contributed by atoms with Crippen LogP contribution in [-0.4, -0.2) is 39.5 Å². The summed E-state index contributed by atoms with van der Waals surface area (Å²) >= 11 is 0. The van der Waals surface area contributed by atoms with Crippen LogP contribution in [0.25, 0.3) is 0 Å². The van der Waals surface area contributed by atoms with Gasteiger partial charge in [-0.15, -0.1) is 0 Å². The normalized spacial score (nSPS) is 33.4. The van der Waals surface area contributed by atoms with Gasteiger partial charge in [0.2, 0.25) is 0 Å². The van der Waals surface area contributed by atoms with Crippen molar-refractivity contribution < 1.29 is 20.1 Å². The highest BCUT2D eigenvalue weighted by molar-refractivity contribution is 5.66. The van der Waals surface area contributed by atoms with Gasteiger partial charge in [-0.25, -0.2) is 0 Å². The van der Waals surface area contributed by atoms with Crippen LogP contribution in [0.15, 0.2) is 12.2 Å². The fourth-order valence-electron chi connectivity index (χ4n) is 2.18. The summed E-state index contributed by atoms with van der Waals surface area (Å²) in [6.45, 7) is 0. The van der Waals surface area contributed by atoms with Gasteiger partial charge < -0.3 is 21.1 Å². The molecule has 0 saturated heterocycles. The summed E-state index contributed by atoms with van der Waals surface area (Å²) in [5, 5.41) is 27.6. The van der Waals surface area contributed by atoms with Gasteiger partial charge in [0, 0.05) is 24.8 Å². The van der Waals surface area contributed by atoms with Gasteiger partial charge in [0.15, 0.2) is 0 Å². The Morgan fingerprint density at radius 1 is 1.29 bits per heavy atom. The first-order chi connectivity index (χ1) is 8.02. The third-order valence-electron chi connectivity index (χ3n) is 3.25. The van der Waals surface area contributed by atoms with Crippen molar-refractivity contribution in [3.8, 4) is 0 Å². The number of aliphatic hydroxyl groups excluding tert-OH is 2. The van der Waals surface area contributed by atoms with Crippen LogP contribution in [0.1, 0.15) is 32.1 Å². The summed E-state index contributed by atoms with van der Waals surface area (Å²) in [7, 11) is 0. The Balaban J connectivity index is 2.21. The minimum absolute atomic E-state index is 0.0966. The molecule has 1 saturated carbocycles. The van der Waals surface area contributed by atoms with E-state index in [2.05, 4.69) is 0 Å². The van der Waals surface area contributed by atoms with Crippen LogP contribution in [0.3, 0.4) is 0 Å². The van der Waals surface area contributed by atoms with Gasteiger partial charge in [-0.2, -0.15) is 0 Å². The van der Waals surface area contributed by atoms with Gasteiger partial charge in [-0.3, -0.25) is 4.79 Å². The van der Waals surface area contributed by atoms with Crippen molar-refractivity contribution in [1.29, 1.82) is 0 Å². The third-order valence-corrected chi connectivity index (χ3v) is 3.25. The lowest BCUT2D eigenvalue weighted by molar-refractivity contribution is -0.137. The summed E-state index contributed by atoms with van der Waals surface area (Å²) in [5.41, 5.74) is 5.77. The number of aliphatic carboxylic acids is 1. The molecule has 0 spiro atoms. The lowest BCUT2D eigenvalue weighted by atomic mass is 9.97. The Morgan fingerprint density at radius 2 is 2.00 bits per heavy atom. The molecule has 17 heavy (non-hydrogen) atoms. The second-order valence-corrected chi connectivity index (χ2v) is 4.60. The number of carboxylic acids is 1. The van der Waals surface area contributed by atoms with Crippen molar-refractivity contribution in [2.24, 2.45) is 11.7 Å². The van der Waals surface area contributed by atoms with Crippen LogP contribution in [-0.2, 0) is 4.79 Å². The number of hydrogen-bond acceptors (Lipinski definition) is 4. The summed E-state index contributed by atoms with van der Waals surface area (Å²) < 4.78 is 0. The van der Waals surface area contributed by atoms with Gasteiger partial charge in [0.05, 0.1) is 12.2 Å². The molecule has 0 amide bonds. The number of unbranched alkanes of at least 4 members (excludes halogenated alkanes) is 1. The molecule has 0 aromatic heterocycles. The fourth-order valence-corrected chi connectivity index (χ4v) is 2.18. The molecule has 0 heterocycles. The maximum Gasteiger partial charge on any atom is 0.303 e. The molecule has 1 aliphatic carbocycles. The van der Waals surface area contributed by atoms with Gasteiger partial charge in [-0.1, -0.05) is 12.2 Å². The highest BCUT2D eigenvalue weighted by Gasteiger charge is 2.38. The molecule has 0 radical (unpaired) electrons. The minimum atomic E-state index is -0.783. The van der Waals surface area contributed by atoms with E-state index in [4.69, 9.17) is 10.8 Å². The van der Waals surface area contributed by atoms with Crippen molar-refractivity contribution in [2.75, 3.05) is 0 Å². The molecule has 0 aromatic rings. The van der Waals surface area contributed by atoms with Crippen LogP contribution >= 0.6 is 0 Å². The Bertz CT molecular complexity index is 280. The summed E-state index contributed by atoms with van der Waals surface area (Å²) in [4.78, 5) is 10.3. The number of rotatable bonds is 6. The first-order valence-electron chi connectivity index (χ1n) is 6.01. The SMILES string of the molecule is NC1[C@H](O)C[C@H](O)[C@@H]1C/C=C\CCCC(=O)O. The zero-order valence-corrected chi connectivity index (χ0v) is 9.83. The molecular weight excluding hydrogens is 222 g/mol.